The zero-order chi connectivity index (χ0) is 12.1. The Kier molecular flexibility index (Phi) is 4.58. The lowest BCUT2D eigenvalue weighted by atomic mass is 10.1. The van der Waals surface area contributed by atoms with Crippen LogP contribution in [0.3, 0.4) is 0 Å². The summed E-state index contributed by atoms with van der Waals surface area (Å²) >= 11 is 5.93. The zero-order valence-corrected chi connectivity index (χ0v) is 10.1. The molecular formula is C11H16ClN3O. The van der Waals surface area contributed by atoms with Crippen molar-refractivity contribution in [1.82, 2.24) is 5.32 Å². The molecule has 0 radical (unpaired) electrons. The van der Waals surface area contributed by atoms with Crippen LogP contribution in [0.4, 0.5) is 5.69 Å². The highest BCUT2D eigenvalue weighted by Crippen LogP contribution is 2.20. The first kappa shape index (κ1) is 12.8. The number of hydrogen-bond acceptors (Lipinski definition) is 3. The third kappa shape index (κ3) is 3.12. The van der Waals surface area contributed by atoms with E-state index in [1.54, 1.807) is 19.2 Å². The summed E-state index contributed by atoms with van der Waals surface area (Å²) in [6.07, 6.45) is 0. The van der Waals surface area contributed by atoms with Gasteiger partial charge in [0.05, 0.1) is 10.6 Å². The molecule has 0 saturated carbocycles. The number of hydrogen-bond donors (Lipinski definition) is 3. The van der Waals surface area contributed by atoms with E-state index in [0.717, 1.165) is 5.69 Å². The number of nitrogens with one attached hydrogen (secondary N) is 2. The lowest BCUT2D eigenvalue weighted by Gasteiger charge is -2.14. The monoisotopic (exact) mass is 241 g/mol. The summed E-state index contributed by atoms with van der Waals surface area (Å²) in [5, 5.41) is 6.15. The molecule has 0 fully saturated rings. The Morgan fingerprint density at radius 3 is 2.81 bits per heavy atom. The maximum absolute atomic E-state index is 11.5. The Morgan fingerprint density at radius 1 is 1.56 bits per heavy atom. The third-order valence-electron chi connectivity index (χ3n) is 2.20. The first-order valence-corrected chi connectivity index (χ1v) is 5.44. The number of rotatable bonds is 4. The summed E-state index contributed by atoms with van der Waals surface area (Å²) < 4.78 is 0. The van der Waals surface area contributed by atoms with Gasteiger partial charge in [-0.15, -0.1) is 0 Å². The Balaban J connectivity index is 2.93. The average molecular weight is 242 g/mol. The number of halogens is 1. The molecule has 4 N–H and O–H groups in total. The van der Waals surface area contributed by atoms with Gasteiger partial charge in [0.15, 0.2) is 0 Å². The highest BCUT2D eigenvalue weighted by molar-refractivity contribution is 6.34. The fourth-order valence-corrected chi connectivity index (χ4v) is 1.47. The Hall–Kier alpha value is -1.26. The number of carbonyl (C=O) groups excluding carboxylic acids is 1. The van der Waals surface area contributed by atoms with Gasteiger partial charge in [0.25, 0.3) is 5.91 Å². The van der Waals surface area contributed by atoms with Crippen LogP contribution in [0.25, 0.3) is 0 Å². The first-order chi connectivity index (χ1) is 7.58. The maximum Gasteiger partial charge on any atom is 0.252 e. The molecule has 88 valence electrons. The Morgan fingerprint density at radius 2 is 2.25 bits per heavy atom. The second-order valence-corrected chi connectivity index (χ2v) is 3.96. The van der Waals surface area contributed by atoms with Gasteiger partial charge in [-0.25, -0.2) is 0 Å². The van der Waals surface area contributed by atoms with Crippen LogP contribution in [-0.2, 0) is 0 Å². The van der Waals surface area contributed by atoms with E-state index in [1.807, 2.05) is 13.0 Å². The molecule has 1 aromatic carbocycles. The van der Waals surface area contributed by atoms with Gasteiger partial charge in [-0.05, 0) is 25.1 Å². The zero-order valence-electron chi connectivity index (χ0n) is 9.38. The Labute approximate surface area is 100 Å². The van der Waals surface area contributed by atoms with Crippen molar-refractivity contribution in [2.24, 2.45) is 5.73 Å². The number of benzene rings is 1. The summed E-state index contributed by atoms with van der Waals surface area (Å²) in [7, 11) is 1.57. The van der Waals surface area contributed by atoms with Gasteiger partial charge in [0, 0.05) is 25.3 Å². The highest BCUT2D eigenvalue weighted by atomic mass is 35.5. The van der Waals surface area contributed by atoms with Crippen molar-refractivity contribution in [3.05, 3.63) is 28.8 Å². The SMILES string of the molecule is CNC(=O)c1cc(NC(C)CN)ccc1Cl. The lowest BCUT2D eigenvalue weighted by Crippen LogP contribution is -2.25. The van der Waals surface area contributed by atoms with E-state index in [9.17, 15) is 4.79 Å². The van der Waals surface area contributed by atoms with Crippen LogP contribution in [0, 0.1) is 0 Å². The van der Waals surface area contributed by atoms with E-state index in [4.69, 9.17) is 17.3 Å². The molecule has 0 aliphatic heterocycles. The van der Waals surface area contributed by atoms with E-state index in [1.165, 1.54) is 0 Å². The van der Waals surface area contributed by atoms with Gasteiger partial charge in [0.1, 0.15) is 0 Å². The van der Waals surface area contributed by atoms with Crippen molar-refractivity contribution in [1.29, 1.82) is 0 Å². The molecule has 0 aliphatic rings. The predicted octanol–water partition coefficient (Wildman–Crippen LogP) is 1.46. The molecule has 16 heavy (non-hydrogen) atoms. The number of anilines is 1. The van der Waals surface area contributed by atoms with Crippen molar-refractivity contribution in [3.63, 3.8) is 0 Å². The summed E-state index contributed by atoms with van der Waals surface area (Å²) in [5.41, 5.74) is 6.80. The van der Waals surface area contributed by atoms with Gasteiger partial charge >= 0.3 is 0 Å². The number of carbonyl (C=O) groups is 1. The third-order valence-corrected chi connectivity index (χ3v) is 2.53. The summed E-state index contributed by atoms with van der Waals surface area (Å²) in [4.78, 5) is 11.5. The molecular weight excluding hydrogens is 226 g/mol. The molecule has 1 amide bonds. The van der Waals surface area contributed by atoms with Crippen LogP contribution in [0.15, 0.2) is 18.2 Å². The summed E-state index contributed by atoms with van der Waals surface area (Å²) in [6, 6.07) is 5.38. The summed E-state index contributed by atoms with van der Waals surface area (Å²) in [5.74, 6) is -0.200. The largest absolute Gasteiger partial charge is 0.381 e. The van der Waals surface area contributed by atoms with Crippen molar-refractivity contribution in [2.45, 2.75) is 13.0 Å². The molecule has 5 heteroatoms. The lowest BCUT2D eigenvalue weighted by molar-refractivity contribution is 0.0963. The smallest absolute Gasteiger partial charge is 0.252 e. The molecule has 0 aliphatic carbocycles. The van der Waals surface area contributed by atoms with Gasteiger partial charge in [-0.3, -0.25) is 4.79 Å². The topological polar surface area (TPSA) is 67.2 Å². The fourth-order valence-electron chi connectivity index (χ4n) is 1.27. The van der Waals surface area contributed by atoms with E-state index in [2.05, 4.69) is 10.6 Å². The van der Waals surface area contributed by atoms with Gasteiger partial charge < -0.3 is 16.4 Å². The molecule has 0 heterocycles. The van der Waals surface area contributed by atoms with Crippen molar-refractivity contribution < 1.29 is 4.79 Å². The average Bonchev–Trinajstić information content (AvgIpc) is 2.30. The minimum atomic E-state index is -0.200. The van der Waals surface area contributed by atoms with Crippen LogP contribution < -0.4 is 16.4 Å². The van der Waals surface area contributed by atoms with E-state index in [0.29, 0.717) is 17.1 Å². The molecule has 1 aromatic rings. The molecule has 0 spiro atoms. The number of nitrogens with two attached hydrogens (primary N) is 1. The second kappa shape index (κ2) is 5.72. The van der Waals surface area contributed by atoms with E-state index in [-0.39, 0.29) is 11.9 Å². The minimum absolute atomic E-state index is 0.152. The predicted molar refractivity (Wildman–Crippen MR) is 67.0 cm³/mol. The van der Waals surface area contributed by atoms with Gasteiger partial charge in [-0.1, -0.05) is 11.6 Å². The van der Waals surface area contributed by atoms with Crippen LogP contribution in [0.1, 0.15) is 17.3 Å². The van der Waals surface area contributed by atoms with Crippen LogP contribution in [0.5, 0.6) is 0 Å². The molecule has 4 nitrogen and oxygen atoms in total. The van der Waals surface area contributed by atoms with Crippen LogP contribution in [-0.4, -0.2) is 25.5 Å². The van der Waals surface area contributed by atoms with E-state index < -0.39 is 0 Å². The van der Waals surface area contributed by atoms with Crippen molar-refractivity contribution in [2.75, 3.05) is 18.9 Å². The van der Waals surface area contributed by atoms with Crippen LogP contribution >= 0.6 is 11.6 Å². The van der Waals surface area contributed by atoms with Crippen molar-refractivity contribution in [3.8, 4) is 0 Å². The van der Waals surface area contributed by atoms with Gasteiger partial charge in [-0.2, -0.15) is 0 Å². The molecule has 1 rings (SSSR count). The molecule has 1 unspecified atom stereocenters. The van der Waals surface area contributed by atoms with Gasteiger partial charge in [0.2, 0.25) is 0 Å². The molecule has 0 saturated heterocycles. The highest BCUT2D eigenvalue weighted by Gasteiger charge is 2.10. The second-order valence-electron chi connectivity index (χ2n) is 3.55. The van der Waals surface area contributed by atoms with E-state index >= 15 is 0 Å². The molecule has 1 atom stereocenters. The van der Waals surface area contributed by atoms with Crippen molar-refractivity contribution >= 4 is 23.2 Å². The minimum Gasteiger partial charge on any atom is -0.381 e. The maximum atomic E-state index is 11.5. The normalized spacial score (nSPS) is 12.0. The molecule has 0 aromatic heterocycles. The van der Waals surface area contributed by atoms with Crippen LogP contribution in [0.2, 0.25) is 5.02 Å². The standard InChI is InChI=1S/C11H16ClN3O/c1-7(6-13)15-8-3-4-10(12)9(5-8)11(16)14-2/h3-5,7,15H,6,13H2,1-2H3,(H,14,16). The molecule has 0 bridgehead atoms. The number of amides is 1. The Bertz CT molecular complexity index is 381. The quantitative estimate of drug-likeness (QED) is 0.748. The fraction of sp³-hybridized carbons (Fsp3) is 0.364. The summed E-state index contributed by atoms with van der Waals surface area (Å²) in [6.45, 7) is 2.49. The first-order valence-electron chi connectivity index (χ1n) is 5.06.